The van der Waals surface area contributed by atoms with E-state index in [1.165, 1.54) is 12.8 Å². The number of nitrogens with one attached hydrogen (secondary N) is 1. The molecule has 4 heteroatoms. The Hall–Kier alpha value is -0.220. The molecule has 1 fully saturated rings. The Morgan fingerprint density at radius 2 is 2.19 bits per heavy atom. The van der Waals surface area contributed by atoms with Gasteiger partial charge in [0, 0.05) is 25.0 Å². The Balaban J connectivity index is 2.25. The molecule has 3 nitrogen and oxygen atoms in total. The Bertz CT molecular complexity index is 211. The van der Waals surface area contributed by atoms with Crippen LogP contribution >= 0.6 is 11.8 Å². The molecule has 2 unspecified atom stereocenters. The molecule has 94 valence electrons. The summed E-state index contributed by atoms with van der Waals surface area (Å²) in [4.78, 5) is 11.6. The average Bonchev–Trinajstić information content (AvgIpc) is 2.30. The van der Waals surface area contributed by atoms with Gasteiger partial charge < -0.3 is 10.4 Å². The fraction of sp³-hybridized carbons (Fsp3) is 0.917. The fourth-order valence-electron chi connectivity index (χ4n) is 2.27. The van der Waals surface area contributed by atoms with Crippen molar-refractivity contribution in [1.82, 2.24) is 5.32 Å². The lowest BCUT2D eigenvalue weighted by atomic mass is 9.85. The first-order valence-electron chi connectivity index (χ1n) is 6.17. The molecule has 0 radical (unpaired) electrons. The van der Waals surface area contributed by atoms with Crippen molar-refractivity contribution in [3.05, 3.63) is 0 Å². The van der Waals surface area contributed by atoms with E-state index >= 15 is 0 Å². The summed E-state index contributed by atoms with van der Waals surface area (Å²) in [5, 5.41) is 12.3. The Morgan fingerprint density at radius 3 is 2.88 bits per heavy atom. The normalized spacial score (nSPS) is 25.4. The Morgan fingerprint density at radius 1 is 1.44 bits per heavy atom. The first-order chi connectivity index (χ1) is 7.77. The summed E-state index contributed by atoms with van der Waals surface area (Å²) in [6.07, 6.45) is 8.06. The molecule has 1 aliphatic carbocycles. The third kappa shape index (κ3) is 4.74. The number of carbonyl (C=O) groups excluding carboxylic acids is 1. The van der Waals surface area contributed by atoms with Gasteiger partial charge in [-0.2, -0.15) is 11.8 Å². The molecule has 0 aromatic carbocycles. The van der Waals surface area contributed by atoms with Crippen LogP contribution in [0.4, 0.5) is 0 Å². The largest absolute Gasteiger partial charge is 0.396 e. The van der Waals surface area contributed by atoms with E-state index in [2.05, 4.69) is 11.6 Å². The summed E-state index contributed by atoms with van der Waals surface area (Å²) >= 11 is 1.77. The minimum absolute atomic E-state index is 0.152. The predicted molar refractivity (Wildman–Crippen MR) is 68.6 cm³/mol. The minimum atomic E-state index is 0.152. The molecule has 1 saturated carbocycles. The smallest absolute Gasteiger partial charge is 0.220 e. The van der Waals surface area contributed by atoms with E-state index in [9.17, 15) is 9.90 Å². The molecule has 0 saturated heterocycles. The van der Waals surface area contributed by atoms with E-state index in [-0.39, 0.29) is 24.5 Å². The number of amides is 1. The van der Waals surface area contributed by atoms with E-state index in [4.69, 9.17) is 0 Å². The van der Waals surface area contributed by atoms with E-state index in [0.717, 1.165) is 25.0 Å². The van der Waals surface area contributed by atoms with Crippen LogP contribution in [0, 0.1) is 5.92 Å². The molecular weight excluding hydrogens is 222 g/mol. The molecule has 0 spiro atoms. The molecule has 2 atom stereocenters. The van der Waals surface area contributed by atoms with Crippen molar-refractivity contribution in [2.75, 3.05) is 18.6 Å². The summed E-state index contributed by atoms with van der Waals surface area (Å²) in [6.45, 7) is 0.204. The SMILES string of the molecule is CSCCCC(=O)NC1CCCCC1CO. The molecule has 16 heavy (non-hydrogen) atoms. The standard InChI is InChI=1S/C12H23NO2S/c1-16-8-4-7-12(15)13-11-6-3-2-5-10(11)9-14/h10-11,14H,2-9H2,1H3,(H,13,15). The van der Waals surface area contributed by atoms with Gasteiger partial charge in [-0.3, -0.25) is 4.79 Å². The second kappa shape index (κ2) is 7.96. The average molecular weight is 245 g/mol. The first-order valence-corrected chi connectivity index (χ1v) is 7.56. The van der Waals surface area contributed by atoms with Crippen LogP contribution in [-0.2, 0) is 4.79 Å². The van der Waals surface area contributed by atoms with Crippen LogP contribution in [0.15, 0.2) is 0 Å². The second-order valence-corrected chi connectivity index (χ2v) is 5.48. The maximum absolute atomic E-state index is 11.6. The summed E-state index contributed by atoms with van der Waals surface area (Å²) in [5.74, 6) is 1.47. The highest BCUT2D eigenvalue weighted by molar-refractivity contribution is 7.98. The third-order valence-corrected chi connectivity index (χ3v) is 3.94. The highest BCUT2D eigenvalue weighted by Gasteiger charge is 2.25. The van der Waals surface area contributed by atoms with Gasteiger partial charge in [-0.05, 0) is 31.3 Å². The van der Waals surface area contributed by atoms with Gasteiger partial charge in [0.2, 0.25) is 5.91 Å². The summed E-state index contributed by atoms with van der Waals surface area (Å²) in [7, 11) is 0. The van der Waals surface area contributed by atoms with Crippen molar-refractivity contribution >= 4 is 17.7 Å². The molecule has 1 rings (SSSR count). The predicted octanol–water partition coefficient (Wildman–Crippen LogP) is 1.80. The van der Waals surface area contributed by atoms with Crippen molar-refractivity contribution in [2.45, 2.75) is 44.6 Å². The van der Waals surface area contributed by atoms with Crippen molar-refractivity contribution in [1.29, 1.82) is 0 Å². The number of carbonyl (C=O) groups is 1. The van der Waals surface area contributed by atoms with Gasteiger partial charge in [-0.1, -0.05) is 12.8 Å². The summed E-state index contributed by atoms with van der Waals surface area (Å²) < 4.78 is 0. The Labute approximate surface area is 102 Å². The molecule has 0 aliphatic heterocycles. The number of rotatable bonds is 6. The van der Waals surface area contributed by atoms with E-state index < -0.39 is 0 Å². The molecule has 0 aromatic rings. The molecule has 1 aliphatic rings. The maximum atomic E-state index is 11.6. The van der Waals surface area contributed by atoms with Crippen molar-refractivity contribution < 1.29 is 9.90 Å². The van der Waals surface area contributed by atoms with Gasteiger partial charge in [0.15, 0.2) is 0 Å². The number of aliphatic hydroxyl groups excluding tert-OH is 1. The second-order valence-electron chi connectivity index (χ2n) is 4.50. The van der Waals surface area contributed by atoms with Crippen LogP contribution in [0.1, 0.15) is 38.5 Å². The molecule has 2 N–H and O–H groups in total. The zero-order valence-electron chi connectivity index (χ0n) is 10.1. The van der Waals surface area contributed by atoms with Crippen LogP contribution in [-0.4, -0.2) is 35.7 Å². The lowest BCUT2D eigenvalue weighted by molar-refractivity contribution is -0.122. The van der Waals surface area contributed by atoms with Crippen molar-refractivity contribution in [2.24, 2.45) is 5.92 Å². The topological polar surface area (TPSA) is 49.3 Å². The third-order valence-electron chi connectivity index (χ3n) is 3.24. The molecule has 0 aromatic heterocycles. The lowest BCUT2D eigenvalue weighted by Gasteiger charge is -2.30. The monoisotopic (exact) mass is 245 g/mol. The van der Waals surface area contributed by atoms with E-state index in [1.807, 2.05) is 0 Å². The van der Waals surface area contributed by atoms with Gasteiger partial charge in [0.25, 0.3) is 0 Å². The van der Waals surface area contributed by atoms with Gasteiger partial charge in [0.05, 0.1) is 0 Å². The van der Waals surface area contributed by atoms with Crippen LogP contribution in [0.5, 0.6) is 0 Å². The van der Waals surface area contributed by atoms with Crippen LogP contribution < -0.4 is 5.32 Å². The zero-order chi connectivity index (χ0) is 11.8. The van der Waals surface area contributed by atoms with Gasteiger partial charge in [0.1, 0.15) is 0 Å². The van der Waals surface area contributed by atoms with Crippen molar-refractivity contribution in [3.63, 3.8) is 0 Å². The highest BCUT2D eigenvalue weighted by Crippen LogP contribution is 2.24. The van der Waals surface area contributed by atoms with Crippen LogP contribution in [0.2, 0.25) is 0 Å². The minimum Gasteiger partial charge on any atom is -0.396 e. The quantitative estimate of drug-likeness (QED) is 0.702. The highest BCUT2D eigenvalue weighted by atomic mass is 32.2. The van der Waals surface area contributed by atoms with Crippen LogP contribution in [0.25, 0.3) is 0 Å². The molecule has 0 bridgehead atoms. The molecule has 1 amide bonds. The van der Waals surface area contributed by atoms with Gasteiger partial charge in [-0.25, -0.2) is 0 Å². The van der Waals surface area contributed by atoms with Crippen molar-refractivity contribution in [3.8, 4) is 0 Å². The zero-order valence-corrected chi connectivity index (χ0v) is 10.9. The number of hydrogen-bond donors (Lipinski definition) is 2. The Kier molecular flexibility index (Phi) is 6.88. The van der Waals surface area contributed by atoms with Gasteiger partial charge in [-0.15, -0.1) is 0 Å². The summed E-state index contributed by atoms with van der Waals surface area (Å²) in [6, 6.07) is 0.209. The van der Waals surface area contributed by atoms with E-state index in [1.54, 1.807) is 11.8 Å². The molecule has 0 heterocycles. The maximum Gasteiger partial charge on any atom is 0.220 e. The summed E-state index contributed by atoms with van der Waals surface area (Å²) in [5.41, 5.74) is 0. The molecular formula is C12H23NO2S. The number of aliphatic hydroxyl groups is 1. The van der Waals surface area contributed by atoms with Gasteiger partial charge >= 0.3 is 0 Å². The lowest BCUT2D eigenvalue weighted by Crippen LogP contribution is -2.43. The number of hydrogen-bond acceptors (Lipinski definition) is 3. The van der Waals surface area contributed by atoms with Crippen LogP contribution in [0.3, 0.4) is 0 Å². The number of thioether (sulfide) groups is 1. The van der Waals surface area contributed by atoms with E-state index in [0.29, 0.717) is 6.42 Å². The fourth-order valence-corrected chi connectivity index (χ4v) is 2.71. The first kappa shape index (κ1) is 13.8.